The van der Waals surface area contributed by atoms with Crippen molar-refractivity contribution >= 4 is 23.0 Å². The molecule has 0 unspecified atom stereocenters. The van der Waals surface area contributed by atoms with Crippen LogP contribution in [0, 0.1) is 11.3 Å². The van der Waals surface area contributed by atoms with Crippen LogP contribution in [0.1, 0.15) is 62.6 Å². The van der Waals surface area contributed by atoms with E-state index in [-0.39, 0.29) is 23.1 Å². The Labute approximate surface area is 220 Å². The van der Waals surface area contributed by atoms with Crippen molar-refractivity contribution in [2.45, 2.75) is 52.2 Å². The van der Waals surface area contributed by atoms with Gasteiger partial charge in [-0.2, -0.15) is 10.4 Å². The zero-order chi connectivity index (χ0) is 27.0. The van der Waals surface area contributed by atoms with Gasteiger partial charge in [-0.15, -0.1) is 0 Å². The number of carbonyl (C=O) groups excluding carboxylic acids is 2. The molecule has 0 radical (unpaired) electrons. The van der Waals surface area contributed by atoms with Crippen LogP contribution in [-0.4, -0.2) is 50.2 Å². The third-order valence-electron chi connectivity index (χ3n) is 6.45. The van der Waals surface area contributed by atoms with Gasteiger partial charge in [0.15, 0.2) is 11.4 Å². The Hall–Kier alpha value is -4.45. The molecule has 1 fully saturated rings. The first-order valence-corrected chi connectivity index (χ1v) is 12.6. The number of carbonyl (C=O) groups is 2. The van der Waals surface area contributed by atoms with E-state index in [0.29, 0.717) is 35.8 Å². The summed E-state index contributed by atoms with van der Waals surface area (Å²) in [4.78, 5) is 31.6. The molecule has 4 aromatic rings. The minimum Gasteiger partial charge on any atom is -0.444 e. The second-order valence-corrected chi connectivity index (χ2v) is 10.5. The maximum absolute atomic E-state index is 12.7. The number of fused-ring (bicyclic) bond motifs is 1. The summed E-state index contributed by atoms with van der Waals surface area (Å²) in [6.07, 6.45) is 1.06. The number of benzene rings is 2. The van der Waals surface area contributed by atoms with E-state index in [1.807, 2.05) is 69.3 Å². The molecule has 0 bridgehead atoms. The molecule has 9 heteroatoms. The fourth-order valence-electron chi connectivity index (χ4n) is 4.76. The van der Waals surface area contributed by atoms with Crippen LogP contribution < -0.4 is 0 Å². The highest BCUT2D eigenvalue weighted by Crippen LogP contribution is 2.33. The van der Waals surface area contributed by atoms with E-state index in [9.17, 15) is 14.9 Å². The summed E-state index contributed by atoms with van der Waals surface area (Å²) in [6, 6.07) is 16.9. The van der Waals surface area contributed by atoms with Crippen molar-refractivity contribution < 1.29 is 18.7 Å². The van der Waals surface area contributed by atoms with Crippen molar-refractivity contribution in [2.75, 3.05) is 13.1 Å². The van der Waals surface area contributed by atoms with Gasteiger partial charge in [-0.3, -0.25) is 9.48 Å². The highest BCUT2D eigenvalue weighted by atomic mass is 16.6. The first-order valence-electron chi connectivity index (χ1n) is 12.6. The zero-order valence-corrected chi connectivity index (χ0v) is 21.9. The molecule has 1 aliphatic heterocycles. The van der Waals surface area contributed by atoms with Crippen LogP contribution in [0.25, 0.3) is 33.8 Å². The summed E-state index contributed by atoms with van der Waals surface area (Å²) < 4.78 is 13.0. The van der Waals surface area contributed by atoms with Crippen molar-refractivity contribution in [1.29, 1.82) is 5.26 Å². The largest absolute Gasteiger partial charge is 0.444 e. The van der Waals surface area contributed by atoms with Gasteiger partial charge >= 0.3 is 6.09 Å². The third kappa shape index (κ3) is 4.90. The minimum absolute atomic E-state index is 0.224. The molecular weight excluding hydrogens is 482 g/mol. The van der Waals surface area contributed by atoms with Gasteiger partial charge in [0.1, 0.15) is 34.1 Å². The average Bonchev–Trinajstić information content (AvgIpc) is 3.50. The summed E-state index contributed by atoms with van der Waals surface area (Å²) in [5.41, 5.74) is 3.26. The molecule has 0 aliphatic carbocycles. The second kappa shape index (κ2) is 9.78. The third-order valence-corrected chi connectivity index (χ3v) is 6.45. The number of oxazole rings is 1. The Kier molecular flexibility index (Phi) is 6.49. The van der Waals surface area contributed by atoms with Crippen LogP contribution in [0.15, 0.2) is 52.9 Å². The molecule has 9 nitrogen and oxygen atoms in total. The normalized spacial score (nSPS) is 15.9. The van der Waals surface area contributed by atoms with E-state index < -0.39 is 11.7 Å². The fourth-order valence-corrected chi connectivity index (χ4v) is 4.76. The van der Waals surface area contributed by atoms with Crippen molar-refractivity contribution in [1.82, 2.24) is 19.7 Å². The Morgan fingerprint density at radius 1 is 1.11 bits per heavy atom. The predicted molar refractivity (Wildman–Crippen MR) is 141 cm³/mol. The minimum atomic E-state index is -0.606. The van der Waals surface area contributed by atoms with Crippen LogP contribution in [0.4, 0.5) is 4.79 Å². The van der Waals surface area contributed by atoms with Crippen molar-refractivity contribution in [3.8, 4) is 28.8 Å². The van der Waals surface area contributed by atoms with Gasteiger partial charge in [0.25, 0.3) is 0 Å². The topological polar surface area (TPSA) is 114 Å². The Bertz CT molecular complexity index is 1520. The Morgan fingerprint density at radius 3 is 2.47 bits per heavy atom. The number of amides is 1. The van der Waals surface area contributed by atoms with Crippen LogP contribution >= 0.6 is 0 Å². The molecule has 2 aromatic heterocycles. The maximum Gasteiger partial charge on any atom is 0.410 e. The number of hydrogen-bond donors (Lipinski definition) is 0. The first-order chi connectivity index (χ1) is 18.1. The van der Waals surface area contributed by atoms with Crippen molar-refractivity contribution in [2.24, 2.45) is 0 Å². The summed E-state index contributed by atoms with van der Waals surface area (Å²) in [5, 5.41) is 14.8. The molecule has 1 saturated heterocycles. The predicted octanol–water partition coefficient (Wildman–Crippen LogP) is 6.00. The van der Waals surface area contributed by atoms with Gasteiger partial charge in [-0.05, 0) is 57.9 Å². The number of para-hydroxylation sites is 2. The maximum atomic E-state index is 12.7. The monoisotopic (exact) mass is 511 g/mol. The van der Waals surface area contributed by atoms with Gasteiger partial charge < -0.3 is 14.1 Å². The highest BCUT2D eigenvalue weighted by Gasteiger charge is 2.32. The highest BCUT2D eigenvalue weighted by molar-refractivity contribution is 5.97. The molecule has 1 atom stereocenters. The number of Topliss-reactive ketones (excluding diaryl/α,β-unsaturated/α-hetero) is 1. The van der Waals surface area contributed by atoms with E-state index in [1.165, 1.54) is 6.92 Å². The number of rotatable bonds is 4. The SMILES string of the molecule is CC(=O)c1c(C#N)c(-c2ccc(-c3nc4ccccc4o3)cc2)nn1[C@@H]1CCCN(C(=O)OC(C)(C)C)C1. The quantitative estimate of drug-likeness (QED) is 0.308. The van der Waals surface area contributed by atoms with E-state index in [1.54, 1.807) is 9.58 Å². The van der Waals surface area contributed by atoms with Gasteiger partial charge in [0, 0.05) is 31.1 Å². The number of likely N-dealkylation sites (tertiary alicyclic amines) is 1. The van der Waals surface area contributed by atoms with Crippen LogP contribution in [0.3, 0.4) is 0 Å². The molecule has 0 spiro atoms. The number of aromatic nitrogens is 3. The van der Waals surface area contributed by atoms with Gasteiger partial charge in [-0.1, -0.05) is 24.3 Å². The number of nitriles is 1. The lowest BCUT2D eigenvalue weighted by atomic mass is 10.0. The number of nitrogens with zero attached hydrogens (tertiary/aromatic N) is 5. The van der Waals surface area contributed by atoms with Crippen LogP contribution in [0.2, 0.25) is 0 Å². The summed E-state index contributed by atoms with van der Waals surface area (Å²) in [5.74, 6) is 0.246. The zero-order valence-electron chi connectivity index (χ0n) is 21.9. The molecule has 38 heavy (non-hydrogen) atoms. The Morgan fingerprint density at radius 2 is 1.82 bits per heavy atom. The van der Waals surface area contributed by atoms with Crippen LogP contribution in [0.5, 0.6) is 0 Å². The van der Waals surface area contributed by atoms with E-state index in [0.717, 1.165) is 23.9 Å². The lowest BCUT2D eigenvalue weighted by Gasteiger charge is -2.34. The summed E-state index contributed by atoms with van der Waals surface area (Å²) >= 11 is 0. The number of hydrogen-bond acceptors (Lipinski definition) is 7. The molecular formula is C29H29N5O4. The summed E-state index contributed by atoms with van der Waals surface area (Å²) in [7, 11) is 0. The Balaban J connectivity index is 1.47. The molecule has 2 aromatic carbocycles. The van der Waals surface area contributed by atoms with Crippen molar-refractivity contribution in [3.63, 3.8) is 0 Å². The molecule has 3 heterocycles. The van der Waals surface area contributed by atoms with E-state index in [2.05, 4.69) is 11.1 Å². The molecule has 194 valence electrons. The second-order valence-electron chi connectivity index (χ2n) is 10.5. The number of ketones is 1. The molecule has 0 saturated carbocycles. The number of ether oxygens (including phenoxy) is 1. The average molecular weight is 512 g/mol. The van der Waals surface area contributed by atoms with E-state index >= 15 is 0 Å². The van der Waals surface area contributed by atoms with Gasteiger partial charge in [-0.25, -0.2) is 9.78 Å². The lowest BCUT2D eigenvalue weighted by Crippen LogP contribution is -2.44. The van der Waals surface area contributed by atoms with Crippen molar-refractivity contribution in [3.05, 3.63) is 59.8 Å². The van der Waals surface area contributed by atoms with E-state index in [4.69, 9.17) is 14.3 Å². The standard InChI is InChI=1S/C29H29N5O4/c1-18(35)26-22(16-30)25(32-34(26)21-8-7-15-33(17-21)28(36)38-29(2,3)4)19-11-13-20(14-12-19)27-31-23-9-5-6-10-24(23)37-27/h5-6,9-14,21H,7-8,15,17H2,1-4H3/t21-/m1/s1. The smallest absolute Gasteiger partial charge is 0.410 e. The van der Waals surface area contributed by atoms with Gasteiger partial charge in [0.05, 0.1) is 6.04 Å². The molecule has 5 rings (SSSR count). The lowest BCUT2D eigenvalue weighted by molar-refractivity contribution is 0.0167. The summed E-state index contributed by atoms with van der Waals surface area (Å²) in [6.45, 7) is 7.83. The number of piperidine rings is 1. The van der Waals surface area contributed by atoms with Gasteiger partial charge in [0.2, 0.25) is 5.89 Å². The molecule has 1 aliphatic rings. The van der Waals surface area contributed by atoms with Crippen LogP contribution in [-0.2, 0) is 4.74 Å². The molecule has 0 N–H and O–H groups in total. The first kappa shape index (κ1) is 25.2. The molecule has 1 amide bonds. The fraction of sp³-hybridized carbons (Fsp3) is 0.345.